The summed E-state index contributed by atoms with van der Waals surface area (Å²) in [5.41, 5.74) is 11.7. The van der Waals surface area contributed by atoms with E-state index in [1.54, 1.807) is 12.4 Å². The van der Waals surface area contributed by atoms with Crippen molar-refractivity contribution in [2.75, 3.05) is 11.1 Å². The predicted octanol–water partition coefficient (Wildman–Crippen LogP) is 3.78. The molecule has 0 saturated heterocycles. The molecule has 0 aliphatic heterocycles. The van der Waals surface area contributed by atoms with Crippen molar-refractivity contribution in [2.24, 2.45) is 0 Å². The normalized spacial score (nSPS) is 10.3. The molecule has 1 aromatic carbocycles. The Labute approximate surface area is 123 Å². The zero-order valence-electron chi connectivity index (χ0n) is 11.7. The van der Waals surface area contributed by atoms with Crippen LogP contribution in [0.1, 0.15) is 5.56 Å². The maximum Gasteiger partial charge on any atom is 0.0577 e. The molecule has 2 aromatic heterocycles. The van der Waals surface area contributed by atoms with Crippen LogP contribution in [-0.4, -0.2) is 9.97 Å². The number of rotatable bonds is 3. The Morgan fingerprint density at radius 2 is 1.81 bits per heavy atom. The number of nitrogens with two attached hydrogens (primary N) is 1. The third-order valence-electron chi connectivity index (χ3n) is 3.27. The van der Waals surface area contributed by atoms with Gasteiger partial charge in [-0.15, -0.1) is 0 Å². The molecule has 0 saturated carbocycles. The van der Waals surface area contributed by atoms with Crippen LogP contribution >= 0.6 is 0 Å². The number of benzene rings is 1. The van der Waals surface area contributed by atoms with Gasteiger partial charge in [0.05, 0.1) is 11.9 Å². The van der Waals surface area contributed by atoms with Gasteiger partial charge in [0.25, 0.3) is 0 Å². The van der Waals surface area contributed by atoms with Crippen LogP contribution in [-0.2, 0) is 0 Å². The number of pyridine rings is 2. The highest BCUT2D eigenvalue weighted by atomic mass is 14.9. The molecule has 0 radical (unpaired) electrons. The maximum absolute atomic E-state index is 5.84. The van der Waals surface area contributed by atoms with Gasteiger partial charge in [-0.1, -0.05) is 12.1 Å². The van der Waals surface area contributed by atoms with Gasteiger partial charge in [0.2, 0.25) is 0 Å². The molecular formula is C17H16N4. The standard InChI is InChI=1S/C17H16N4/c1-12-4-5-15(18)8-17(12)21-16-7-14(10-20-11-16)13-3-2-6-19-9-13/h2-11,21H,18H2,1H3. The van der Waals surface area contributed by atoms with E-state index in [1.165, 1.54) is 0 Å². The first kappa shape index (κ1) is 13.1. The molecule has 0 aliphatic carbocycles. The minimum absolute atomic E-state index is 0.736. The highest BCUT2D eigenvalue weighted by Crippen LogP contribution is 2.25. The van der Waals surface area contributed by atoms with E-state index in [9.17, 15) is 0 Å². The van der Waals surface area contributed by atoms with E-state index in [-0.39, 0.29) is 0 Å². The van der Waals surface area contributed by atoms with Gasteiger partial charge < -0.3 is 11.1 Å². The predicted molar refractivity (Wildman–Crippen MR) is 86.3 cm³/mol. The topological polar surface area (TPSA) is 63.8 Å². The Balaban J connectivity index is 1.92. The summed E-state index contributed by atoms with van der Waals surface area (Å²) in [4.78, 5) is 8.42. The van der Waals surface area contributed by atoms with Crippen LogP contribution in [0.15, 0.2) is 61.2 Å². The summed E-state index contributed by atoms with van der Waals surface area (Å²) in [6.45, 7) is 2.04. The highest BCUT2D eigenvalue weighted by Gasteiger charge is 2.03. The third kappa shape index (κ3) is 3.00. The second-order valence-electron chi connectivity index (χ2n) is 4.90. The van der Waals surface area contributed by atoms with Crippen LogP contribution in [0.25, 0.3) is 11.1 Å². The zero-order valence-corrected chi connectivity index (χ0v) is 11.7. The zero-order chi connectivity index (χ0) is 14.7. The minimum Gasteiger partial charge on any atom is -0.399 e. The fourth-order valence-electron chi connectivity index (χ4n) is 2.13. The Hall–Kier alpha value is -2.88. The first-order chi connectivity index (χ1) is 10.2. The molecule has 0 fully saturated rings. The number of nitrogen functional groups attached to an aromatic ring is 1. The van der Waals surface area contributed by atoms with Crippen LogP contribution in [0.4, 0.5) is 17.1 Å². The highest BCUT2D eigenvalue weighted by molar-refractivity contribution is 5.71. The molecule has 104 valence electrons. The first-order valence-electron chi connectivity index (χ1n) is 6.71. The number of aromatic nitrogens is 2. The van der Waals surface area contributed by atoms with Gasteiger partial charge in [0.15, 0.2) is 0 Å². The molecule has 3 rings (SSSR count). The molecule has 4 heteroatoms. The van der Waals surface area contributed by atoms with Crippen molar-refractivity contribution in [1.82, 2.24) is 9.97 Å². The van der Waals surface area contributed by atoms with Crippen molar-refractivity contribution in [3.63, 3.8) is 0 Å². The lowest BCUT2D eigenvalue weighted by Gasteiger charge is -2.11. The van der Waals surface area contributed by atoms with Crippen molar-refractivity contribution in [2.45, 2.75) is 6.92 Å². The van der Waals surface area contributed by atoms with Gasteiger partial charge in [0, 0.05) is 41.1 Å². The van der Waals surface area contributed by atoms with E-state index in [0.29, 0.717) is 0 Å². The molecule has 3 N–H and O–H groups in total. The monoisotopic (exact) mass is 276 g/mol. The van der Waals surface area contributed by atoms with E-state index in [2.05, 4.69) is 15.3 Å². The fourth-order valence-corrected chi connectivity index (χ4v) is 2.13. The van der Waals surface area contributed by atoms with Crippen LogP contribution < -0.4 is 11.1 Å². The second-order valence-corrected chi connectivity index (χ2v) is 4.90. The van der Waals surface area contributed by atoms with Gasteiger partial charge in [-0.2, -0.15) is 0 Å². The first-order valence-corrected chi connectivity index (χ1v) is 6.71. The van der Waals surface area contributed by atoms with Gasteiger partial charge in [-0.3, -0.25) is 9.97 Å². The van der Waals surface area contributed by atoms with E-state index >= 15 is 0 Å². The van der Waals surface area contributed by atoms with Crippen LogP contribution in [0.3, 0.4) is 0 Å². The molecule has 0 amide bonds. The smallest absolute Gasteiger partial charge is 0.0577 e. The molecule has 0 aliphatic rings. The molecule has 21 heavy (non-hydrogen) atoms. The summed E-state index contributed by atoms with van der Waals surface area (Å²) < 4.78 is 0. The lowest BCUT2D eigenvalue weighted by atomic mass is 10.1. The SMILES string of the molecule is Cc1ccc(N)cc1Nc1cncc(-c2cccnc2)c1. The van der Waals surface area contributed by atoms with Crippen molar-refractivity contribution in [3.8, 4) is 11.1 Å². The van der Waals surface area contributed by atoms with Crippen molar-refractivity contribution in [3.05, 3.63) is 66.7 Å². The van der Waals surface area contributed by atoms with Crippen molar-refractivity contribution in [1.29, 1.82) is 0 Å². The molecule has 0 bridgehead atoms. The summed E-state index contributed by atoms with van der Waals surface area (Å²) >= 11 is 0. The fraction of sp³-hybridized carbons (Fsp3) is 0.0588. The Kier molecular flexibility index (Phi) is 3.51. The number of hydrogen-bond acceptors (Lipinski definition) is 4. The molecule has 3 aromatic rings. The Bertz CT molecular complexity index is 754. The lowest BCUT2D eigenvalue weighted by molar-refractivity contribution is 1.29. The third-order valence-corrected chi connectivity index (χ3v) is 3.27. The van der Waals surface area contributed by atoms with E-state index < -0.39 is 0 Å². The second kappa shape index (κ2) is 5.63. The van der Waals surface area contributed by atoms with Gasteiger partial charge in [-0.05, 0) is 36.8 Å². The van der Waals surface area contributed by atoms with Crippen molar-refractivity contribution < 1.29 is 0 Å². The number of aryl methyl sites for hydroxylation is 1. The molecule has 0 atom stereocenters. The molecular weight excluding hydrogens is 260 g/mol. The Morgan fingerprint density at radius 3 is 2.62 bits per heavy atom. The van der Waals surface area contributed by atoms with Crippen LogP contribution in [0.2, 0.25) is 0 Å². The molecule has 4 nitrogen and oxygen atoms in total. The number of anilines is 3. The minimum atomic E-state index is 0.736. The summed E-state index contributed by atoms with van der Waals surface area (Å²) in [6.07, 6.45) is 7.21. The summed E-state index contributed by atoms with van der Waals surface area (Å²) in [5, 5.41) is 3.36. The average molecular weight is 276 g/mol. The number of nitrogens with one attached hydrogen (secondary N) is 1. The molecule has 2 heterocycles. The van der Waals surface area contributed by atoms with Gasteiger partial charge in [0.1, 0.15) is 0 Å². The van der Waals surface area contributed by atoms with E-state index in [4.69, 9.17) is 5.73 Å². The number of hydrogen-bond donors (Lipinski definition) is 2. The summed E-state index contributed by atoms with van der Waals surface area (Å²) in [7, 11) is 0. The van der Waals surface area contributed by atoms with Crippen LogP contribution in [0, 0.1) is 6.92 Å². The lowest BCUT2D eigenvalue weighted by Crippen LogP contribution is -1.96. The van der Waals surface area contributed by atoms with Crippen molar-refractivity contribution >= 4 is 17.1 Å². The van der Waals surface area contributed by atoms with E-state index in [1.807, 2.05) is 55.7 Å². The Morgan fingerprint density at radius 1 is 0.952 bits per heavy atom. The van der Waals surface area contributed by atoms with Crippen LogP contribution in [0.5, 0.6) is 0 Å². The molecule has 0 spiro atoms. The summed E-state index contributed by atoms with van der Waals surface area (Å²) in [5.74, 6) is 0. The molecule has 0 unspecified atom stereocenters. The van der Waals surface area contributed by atoms with E-state index in [0.717, 1.165) is 33.8 Å². The van der Waals surface area contributed by atoms with Gasteiger partial charge in [-0.25, -0.2) is 0 Å². The largest absolute Gasteiger partial charge is 0.399 e. The quantitative estimate of drug-likeness (QED) is 0.715. The summed E-state index contributed by atoms with van der Waals surface area (Å²) in [6, 6.07) is 11.8. The average Bonchev–Trinajstić information content (AvgIpc) is 2.52. The van der Waals surface area contributed by atoms with Gasteiger partial charge >= 0.3 is 0 Å². The maximum atomic E-state index is 5.84. The number of nitrogens with zero attached hydrogens (tertiary/aromatic N) is 2.